The maximum Gasteiger partial charge on any atom is 0.417 e. The van der Waals surface area contributed by atoms with Crippen molar-refractivity contribution in [1.82, 2.24) is 9.88 Å². The number of rotatable bonds is 2. The molecule has 1 aromatic rings. The summed E-state index contributed by atoms with van der Waals surface area (Å²) < 4.78 is 38.0. The molecule has 0 N–H and O–H groups in total. The van der Waals surface area contributed by atoms with Gasteiger partial charge in [0.05, 0.1) is 10.6 Å². The lowest BCUT2D eigenvalue weighted by molar-refractivity contribution is -0.138. The highest BCUT2D eigenvalue weighted by Crippen LogP contribution is 2.33. The molecule has 1 saturated heterocycles. The second-order valence-electron chi connectivity index (χ2n) is 7.13. The molecule has 0 saturated carbocycles. The van der Waals surface area contributed by atoms with Crippen molar-refractivity contribution in [1.29, 1.82) is 0 Å². The first kappa shape index (κ1) is 18.8. The number of carbonyl (C=O) groups excluding carboxylic acids is 1. The summed E-state index contributed by atoms with van der Waals surface area (Å²) in [6.45, 7) is 8.02. The molecular weight excluding hydrogens is 343 g/mol. The van der Waals surface area contributed by atoms with Gasteiger partial charge in [0, 0.05) is 38.8 Å². The number of nitrogens with zero attached hydrogens (tertiary/aromatic N) is 3. The van der Waals surface area contributed by atoms with E-state index >= 15 is 0 Å². The van der Waals surface area contributed by atoms with Crippen LogP contribution in [0.5, 0.6) is 0 Å². The van der Waals surface area contributed by atoms with E-state index in [0.29, 0.717) is 38.4 Å². The van der Waals surface area contributed by atoms with Crippen LogP contribution in [0.4, 0.5) is 19.0 Å². The van der Waals surface area contributed by atoms with E-state index in [1.54, 1.807) is 4.90 Å². The molecule has 0 aromatic carbocycles. The lowest BCUT2D eigenvalue weighted by atomic mass is 9.91. The third-order valence-electron chi connectivity index (χ3n) is 3.76. The summed E-state index contributed by atoms with van der Waals surface area (Å²) >= 11 is 5.97. The Morgan fingerprint density at radius 1 is 1.21 bits per heavy atom. The number of aromatic nitrogens is 1. The zero-order valence-electron chi connectivity index (χ0n) is 14.0. The predicted molar refractivity (Wildman–Crippen MR) is 87.1 cm³/mol. The quantitative estimate of drug-likeness (QED) is 0.801. The van der Waals surface area contributed by atoms with Gasteiger partial charge in [0.2, 0.25) is 5.91 Å². The first-order chi connectivity index (χ1) is 11.0. The van der Waals surface area contributed by atoms with Gasteiger partial charge in [0.15, 0.2) is 0 Å². The minimum atomic E-state index is -4.47. The van der Waals surface area contributed by atoms with Gasteiger partial charge < -0.3 is 9.80 Å². The van der Waals surface area contributed by atoms with E-state index in [1.807, 2.05) is 25.7 Å². The summed E-state index contributed by atoms with van der Waals surface area (Å²) in [5.41, 5.74) is -0.942. The highest BCUT2D eigenvalue weighted by Gasteiger charge is 2.32. The normalized spacial score (nSPS) is 16.5. The van der Waals surface area contributed by atoms with E-state index in [0.717, 1.165) is 12.3 Å². The van der Waals surface area contributed by atoms with E-state index in [-0.39, 0.29) is 16.3 Å². The van der Waals surface area contributed by atoms with Gasteiger partial charge in [-0.15, -0.1) is 0 Å². The van der Waals surface area contributed by atoms with Crippen molar-refractivity contribution in [2.45, 2.75) is 33.4 Å². The maximum atomic E-state index is 12.7. The Kier molecular flexibility index (Phi) is 5.32. The smallest absolute Gasteiger partial charge is 0.352 e. The number of alkyl halides is 3. The van der Waals surface area contributed by atoms with Crippen LogP contribution in [0.15, 0.2) is 12.3 Å². The molecule has 1 amide bonds. The topological polar surface area (TPSA) is 36.4 Å². The summed E-state index contributed by atoms with van der Waals surface area (Å²) in [4.78, 5) is 19.7. The summed E-state index contributed by atoms with van der Waals surface area (Å²) in [7, 11) is 0. The van der Waals surface area contributed by atoms with Gasteiger partial charge >= 0.3 is 6.18 Å². The standard InChI is InChI=1S/C16H21ClF3N3O/c1-15(2,3)9-13(24)22-4-6-23(7-5-22)14-12(17)8-11(10-21-14)16(18,19)20/h8,10H,4-7,9H2,1-3H3. The van der Waals surface area contributed by atoms with E-state index in [9.17, 15) is 18.0 Å². The van der Waals surface area contributed by atoms with Crippen LogP contribution in [0.25, 0.3) is 0 Å². The second-order valence-corrected chi connectivity index (χ2v) is 7.54. The highest BCUT2D eigenvalue weighted by atomic mass is 35.5. The van der Waals surface area contributed by atoms with Crippen LogP contribution in [0.1, 0.15) is 32.8 Å². The van der Waals surface area contributed by atoms with Crippen molar-refractivity contribution in [3.8, 4) is 0 Å². The SMILES string of the molecule is CC(C)(C)CC(=O)N1CCN(c2ncc(C(F)(F)F)cc2Cl)CC1. The fraction of sp³-hybridized carbons (Fsp3) is 0.625. The van der Waals surface area contributed by atoms with Crippen molar-refractivity contribution >= 4 is 23.3 Å². The molecule has 134 valence electrons. The van der Waals surface area contributed by atoms with Crippen LogP contribution < -0.4 is 4.90 Å². The van der Waals surface area contributed by atoms with Gasteiger partial charge in [-0.1, -0.05) is 32.4 Å². The van der Waals surface area contributed by atoms with E-state index < -0.39 is 11.7 Å². The molecule has 0 unspecified atom stereocenters. The number of halogens is 4. The summed E-state index contributed by atoms with van der Waals surface area (Å²) in [6.07, 6.45) is -3.21. The summed E-state index contributed by atoms with van der Waals surface area (Å²) in [5.74, 6) is 0.418. The number of pyridine rings is 1. The number of piperazine rings is 1. The summed E-state index contributed by atoms with van der Waals surface area (Å²) in [6, 6.07) is 0.890. The van der Waals surface area contributed by atoms with E-state index in [1.165, 1.54) is 0 Å². The van der Waals surface area contributed by atoms with Crippen LogP contribution >= 0.6 is 11.6 Å². The number of anilines is 1. The van der Waals surface area contributed by atoms with Crippen LogP contribution in [0.2, 0.25) is 5.02 Å². The van der Waals surface area contributed by atoms with Gasteiger partial charge in [-0.3, -0.25) is 4.79 Å². The van der Waals surface area contributed by atoms with Crippen LogP contribution in [0.3, 0.4) is 0 Å². The van der Waals surface area contributed by atoms with Crippen LogP contribution in [-0.2, 0) is 11.0 Å². The molecule has 2 heterocycles. The van der Waals surface area contributed by atoms with E-state index in [4.69, 9.17) is 11.6 Å². The highest BCUT2D eigenvalue weighted by molar-refractivity contribution is 6.33. The third kappa shape index (κ3) is 4.75. The second kappa shape index (κ2) is 6.78. The molecule has 1 aliphatic rings. The Labute approximate surface area is 144 Å². The average Bonchev–Trinajstić information content (AvgIpc) is 2.44. The molecule has 4 nitrogen and oxygen atoms in total. The van der Waals surface area contributed by atoms with Crippen molar-refractivity contribution in [2.75, 3.05) is 31.1 Å². The Morgan fingerprint density at radius 2 is 1.79 bits per heavy atom. The Hall–Kier alpha value is -1.50. The maximum absolute atomic E-state index is 12.7. The lowest BCUT2D eigenvalue weighted by Gasteiger charge is -2.36. The molecule has 0 atom stereocenters. The first-order valence-electron chi connectivity index (χ1n) is 7.73. The molecule has 1 aliphatic heterocycles. The van der Waals surface area contributed by atoms with Gasteiger partial charge in [-0.25, -0.2) is 4.98 Å². The average molecular weight is 364 g/mol. The van der Waals surface area contributed by atoms with Gasteiger partial charge in [0.1, 0.15) is 5.82 Å². The van der Waals surface area contributed by atoms with Gasteiger partial charge in [-0.2, -0.15) is 13.2 Å². The zero-order valence-corrected chi connectivity index (χ0v) is 14.7. The molecule has 2 rings (SSSR count). The lowest BCUT2D eigenvalue weighted by Crippen LogP contribution is -2.49. The van der Waals surface area contributed by atoms with Crippen molar-refractivity contribution in [2.24, 2.45) is 5.41 Å². The molecule has 0 spiro atoms. The van der Waals surface area contributed by atoms with Crippen molar-refractivity contribution < 1.29 is 18.0 Å². The Morgan fingerprint density at radius 3 is 2.25 bits per heavy atom. The zero-order chi connectivity index (χ0) is 18.1. The van der Waals surface area contributed by atoms with Crippen molar-refractivity contribution in [3.05, 3.63) is 22.8 Å². The molecule has 0 radical (unpaired) electrons. The van der Waals surface area contributed by atoms with Crippen LogP contribution in [0, 0.1) is 5.41 Å². The predicted octanol–water partition coefficient (Wildman–Crippen LogP) is 3.84. The molecule has 24 heavy (non-hydrogen) atoms. The molecule has 0 aliphatic carbocycles. The Balaban J connectivity index is 2.01. The minimum Gasteiger partial charge on any atom is -0.352 e. The monoisotopic (exact) mass is 363 g/mol. The third-order valence-corrected chi connectivity index (χ3v) is 4.04. The summed E-state index contributed by atoms with van der Waals surface area (Å²) in [5, 5.41) is -0.0284. The molecule has 8 heteroatoms. The fourth-order valence-electron chi connectivity index (χ4n) is 2.55. The van der Waals surface area contributed by atoms with E-state index in [2.05, 4.69) is 4.98 Å². The minimum absolute atomic E-state index is 0.0284. The fourth-order valence-corrected chi connectivity index (χ4v) is 2.84. The van der Waals surface area contributed by atoms with Gasteiger partial charge in [0.25, 0.3) is 0 Å². The largest absolute Gasteiger partial charge is 0.417 e. The molecule has 0 bridgehead atoms. The molecule has 1 fully saturated rings. The number of hydrogen-bond donors (Lipinski definition) is 0. The molecular formula is C16H21ClF3N3O. The van der Waals surface area contributed by atoms with Gasteiger partial charge in [-0.05, 0) is 11.5 Å². The van der Waals surface area contributed by atoms with Crippen molar-refractivity contribution in [3.63, 3.8) is 0 Å². The van der Waals surface area contributed by atoms with Crippen LogP contribution in [-0.4, -0.2) is 42.0 Å². The number of carbonyl (C=O) groups is 1. The number of amides is 1. The number of hydrogen-bond acceptors (Lipinski definition) is 3. The molecule has 1 aromatic heterocycles. The Bertz CT molecular complexity index is 606. The first-order valence-corrected chi connectivity index (χ1v) is 8.11.